The molecule has 2 aromatic rings. The van der Waals surface area contributed by atoms with Gasteiger partial charge in [0, 0.05) is 29.1 Å². The first kappa shape index (κ1) is 18.7. The number of benzene rings is 2. The normalized spacial score (nSPS) is 20.0. The van der Waals surface area contributed by atoms with Gasteiger partial charge < -0.3 is 10.6 Å². The van der Waals surface area contributed by atoms with Crippen molar-refractivity contribution in [2.24, 2.45) is 0 Å². The van der Waals surface area contributed by atoms with Crippen molar-refractivity contribution < 1.29 is 18.0 Å². The summed E-state index contributed by atoms with van der Waals surface area (Å²) < 4.78 is 40.6. The first-order valence-corrected chi connectivity index (χ1v) is 8.71. The van der Waals surface area contributed by atoms with Crippen LogP contribution in [0.15, 0.2) is 36.4 Å². The Morgan fingerprint density at radius 1 is 1.15 bits per heavy atom. The van der Waals surface area contributed by atoms with Gasteiger partial charge in [0.2, 0.25) is 5.91 Å². The molecule has 2 aromatic carbocycles. The summed E-state index contributed by atoms with van der Waals surface area (Å²) in [7, 11) is 0. The van der Waals surface area contributed by atoms with Crippen LogP contribution < -0.4 is 10.6 Å². The zero-order chi connectivity index (χ0) is 18.7. The van der Waals surface area contributed by atoms with E-state index in [0.717, 1.165) is 12.1 Å². The van der Waals surface area contributed by atoms with Gasteiger partial charge in [-0.2, -0.15) is 0 Å². The molecule has 0 spiro atoms. The Morgan fingerprint density at radius 2 is 1.96 bits per heavy atom. The fourth-order valence-electron chi connectivity index (χ4n) is 3.27. The van der Waals surface area contributed by atoms with Gasteiger partial charge in [-0.3, -0.25) is 4.79 Å². The van der Waals surface area contributed by atoms with E-state index < -0.39 is 17.5 Å². The van der Waals surface area contributed by atoms with E-state index in [-0.39, 0.29) is 34.9 Å². The molecule has 2 unspecified atom stereocenters. The first-order valence-electron chi connectivity index (χ1n) is 8.33. The summed E-state index contributed by atoms with van der Waals surface area (Å²) >= 11 is 5.96. The predicted octanol–water partition coefficient (Wildman–Crippen LogP) is 3.56. The largest absolute Gasteiger partial charge is 0.351 e. The van der Waals surface area contributed by atoms with Crippen LogP contribution >= 0.6 is 11.6 Å². The molecule has 0 aliphatic carbocycles. The lowest BCUT2D eigenvalue weighted by Gasteiger charge is -2.33. The Hall–Kier alpha value is -2.05. The SMILES string of the molecule is O=C(Cc1c(F)cccc1Cl)NC1CNCCC1c1ccc(F)c(F)c1. The Bertz CT molecular complexity index is 795. The van der Waals surface area contributed by atoms with E-state index in [1.807, 2.05) is 0 Å². The molecule has 2 N–H and O–H groups in total. The molecular weight excluding hydrogens is 365 g/mol. The van der Waals surface area contributed by atoms with Crippen molar-refractivity contribution in [3.8, 4) is 0 Å². The molecule has 0 radical (unpaired) electrons. The van der Waals surface area contributed by atoms with Gasteiger partial charge in [0.05, 0.1) is 6.42 Å². The highest BCUT2D eigenvalue weighted by atomic mass is 35.5. The van der Waals surface area contributed by atoms with Gasteiger partial charge in [-0.25, -0.2) is 13.2 Å². The Morgan fingerprint density at radius 3 is 2.69 bits per heavy atom. The summed E-state index contributed by atoms with van der Waals surface area (Å²) in [4.78, 5) is 12.4. The van der Waals surface area contributed by atoms with Gasteiger partial charge >= 0.3 is 0 Å². The molecule has 3 rings (SSSR count). The van der Waals surface area contributed by atoms with Crippen molar-refractivity contribution in [3.63, 3.8) is 0 Å². The third-order valence-electron chi connectivity index (χ3n) is 4.60. The van der Waals surface area contributed by atoms with Crippen molar-refractivity contribution in [3.05, 3.63) is 70.0 Å². The van der Waals surface area contributed by atoms with E-state index in [1.54, 1.807) is 0 Å². The topological polar surface area (TPSA) is 41.1 Å². The number of hydrogen-bond donors (Lipinski definition) is 2. The standard InChI is InChI=1S/C19H18ClF3N2O/c20-14-2-1-3-15(21)13(14)9-19(26)25-18-10-24-7-6-12(18)11-4-5-16(22)17(23)8-11/h1-5,8,12,18,24H,6-7,9-10H2,(H,25,26). The van der Waals surface area contributed by atoms with Gasteiger partial charge in [-0.1, -0.05) is 23.7 Å². The second kappa shape index (κ2) is 8.10. The minimum absolute atomic E-state index is 0.139. The average molecular weight is 383 g/mol. The van der Waals surface area contributed by atoms with Crippen molar-refractivity contribution in [1.82, 2.24) is 10.6 Å². The maximum absolute atomic E-state index is 13.9. The molecule has 0 aromatic heterocycles. The number of carbonyl (C=O) groups excluding carboxylic acids is 1. The van der Waals surface area contributed by atoms with Crippen molar-refractivity contribution in [2.75, 3.05) is 13.1 Å². The Labute approximate surface area is 154 Å². The maximum Gasteiger partial charge on any atom is 0.224 e. The summed E-state index contributed by atoms with van der Waals surface area (Å²) in [6.45, 7) is 1.19. The molecule has 1 aliphatic heterocycles. The number of hydrogen-bond acceptors (Lipinski definition) is 2. The lowest BCUT2D eigenvalue weighted by atomic mass is 9.86. The molecule has 7 heteroatoms. The smallest absolute Gasteiger partial charge is 0.224 e. The number of halogens is 4. The molecule has 1 saturated heterocycles. The van der Waals surface area contributed by atoms with E-state index >= 15 is 0 Å². The number of rotatable bonds is 4. The average Bonchev–Trinajstić information content (AvgIpc) is 2.61. The summed E-state index contributed by atoms with van der Waals surface area (Å²) in [6, 6.07) is 7.72. The second-order valence-electron chi connectivity index (χ2n) is 6.32. The highest BCUT2D eigenvalue weighted by Crippen LogP contribution is 2.27. The molecular formula is C19H18ClF3N2O. The highest BCUT2D eigenvalue weighted by molar-refractivity contribution is 6.31. The van der Waals surface area contributed by atoms with E-state index in [2.05, 4.69) is 10.6 Å². The van der Waals surface area contributed by atoms with Crippen LogP contribution in [-0.2, 0) is 11.2 Å². The van der Waals surface area contributed by atoms with Crippen LogP contribution in [0.3, 0.4) is 0 Å². The van der Waals surface area contributed by atoms with Crippen LogP contribution in [0.4, 0.5) is 13.2 Å². The molecule has 26 heavy (non-hydrogen) atoms. The minimum atomic E-state index is -0.913. The maximum atomic E-state index is 13.9. The van der Waals surface area contributed by atoms with Gasteiger partial charge in [-0.15, -0.1) is 0 Å². The van der Waals surface area contributed by atoms with Gasteiger partial charge in [0.1, 0.15) is 5.82 Å². The van der Waals surface area contributed by atoms with Crippen molar-refractivity contribution in [1.29, 1.82) is 0 Å². The fraction of sp³-hybridized carbons (Fsp3) is 0.316. The third kappa shape index (κ3) is 4.19. The molecule has 1 fully saturated rings. The lowest BCUT2D eigenvalue weighted by Crippen LogP contribution is -2.50. The molecule has 138 valence electrons. The zero-order valence-corrected chi connectivity index (χ0v) is 14.6. The second-order valence-corrected chi connectivity index (χ2v) is 6.73. The highest BCUT2D eigenvalue weighted by Gasteiger charge is 2.28. The first-order chi connectivity index (χ1) is 12.5. The third-order valence-corrected chi connectivity index (χ3v) is 4.95. The van der Waals surface area contributed by atoms with E-state index in [1.165, 1.54) is 24.3 Å². The summed E-state index contributed by atoms with van der Waals surface area (Å²) in [5.41, 5.74) is 0.763. The van der Waals surface area contributed by atoms with Crippen LogP contribution in [0, 0.1) is 17.5 Å². The van der Waals surface area contributed by atoms with Gasteiger partial charge in [0.25, 0.3) is 0 Å². The van der Waals surface area contributed by atoms with E-state index in [9.17, 15) is 18.0 Å². The summed E-state index contributed by atoms with van der Waals surface area (Å²) in [6.07, 6.45) is 0.475. The number of nitrogens with one attached hydrogen (secondary N) is 2. The van der Waals surface area contributed by atoms with Gasteiger partial charge in [-0.05, 0) is 42.8 Å². The zero-order valence-electron chi connectivity index (χ0n) is 13.9. The molecule has 1 amide bonds. The number of piperidine rings is 1. The summed E-state index contributed by atoms with van der Waals surface area (Å²) in [5.74, 6) is -2.89. The molecule has 0 bridgehead atoms. The quantitative estimate of drug-likeness (QED) is 0.849. The van der Waals surface area contributed by atoms with Crippen molar-refractivity contribution in [2.45, 2.75) is 24.8 Å². The van der Waals surface area contributed by atoms with Gasteiger partial charge in [0.15, 0.2) is 11.6 Å². The Balaban J connectivity index is 1.74. The van der Waals surface area contributed by atoms with Crippen LogP contribution in [0.1, 0.15) is 23.5 Å². The van der Waals surface area contributed by atoms with Crippen LogP contribution in [-0.4, -0.2) is 25.0 Å². The van der Waals surface area contributed by atoms with E-state index in [0.29, 0.717) is 25.1 Å². The van der Waals surface area contributed by atoms with E-state index in [4.69, 9.17) is 11.6 Å². The molecule has 0 saturated carbocycles. The van der Waals surface area contributed by atoms with Crippen LogP contribution in [0.5, 0.6) is 0 Å². The van der Waals surface area contributed by atoms with Crippen LogP contribution in [0.2, 0.25) is 5.02 Å². The van der Waals surface area contributed by atoms with Crippen molar-refractivity contribution >= 4 is 17.5 Å². The summed E-state index contributed by atoms with van der Waals surface area (Å²) in [5, 5.41) is 6.22. The number of carbonyl (C=O) groups is 1. The minimum Gasteiger partial charge on any atom is -0.351 e. The lowest BCUT2D eigenvalue weighted by molar-refractivity contribution is -0.121. The molecule has 1 heterocycles. The monoisotopic (exact) mass is 382 g/mol. The van der Waals surface area contributed by atoms with Crippen LogP contribution in [0.25, 0.3) is 0 Å². The fourth-order valence-corrected chi connectivity index (χ4v) is 3.50. The predicted molar refractivity (Wildman–Crippen MR) is 93.6 cm³/mol. The number of amides is 1. The molecule has 3 nitrogen and oxygen atoms in total. The molecule has 2 atom stereocenters. The Kier molecular flexibility index (Phi) is 5.84. The molecule has 1 aliphatic rings.